The highest BCUT2D eigenvalue weighted by atomic mass is 16.5. The second-order valence-corrected chi connectivity index (χ2v) is 4.90. The fraction of sp³-hybridized carbons (Fsp3) is 0.200. The number of hydrogen-bond donors (Lipinski definition) is 2. The van der Waals surface area contributed by atoms with Gasteiger partial charge in [-0.3, -0.25) is 0 Å². The molecule has 2 aromatic rings. The van der Waals surface area contributed by atoms with Gasteiger partial charge in [-0.15, -0.1) is 0 Å². The lowest BCUT2D eigenvalue weighted by atomic mass is 9.89. The van der Waals surface area contributed by atoms with Crippen molar-refractivity contribution in [3.8, 4) is 23.0 Å². The molecular weight excluding hydrogens is 244 g/mol. The Morgan fingerprint density at radius 2 is 1.58 bits per heavy atom. The molecule has 0 spiro atoms. The predicted octanol–water partition coefficient (Wildman–Crippen LogP) is 2.71. The number of phenols is 2. The predicted molar refractivity (Wildman–Crippen MR) is 67.8 cm³/mol. The van der Waals surface area contributed by atoms with Gasteiger partial charge in [0, 0.05) is 23.3 Å². The van der Waals surface area contributed by atoms with Crippen molar-refractivity contribution in [2.75, 3.05) is 6.61 Å². The van der Waals surface area contributed by atoms with E-state index in [1.807, 2.05) is 12.1 Å². The highest BCUT2D eigenvalue weighted by Gasteiger charge is 2.40. The number of phenolic OH excluding ortho intramolecular Hbond substituents is 2. The van der Waals surface area contributed by atoms with Gasteiger partial charge in [0.15, 0.2) is 0 Å². The lowest BCUT2D eigenvalue weighted by molar-refractivity contribution is 0.139. The van der Waals surface area contributed by atoms with E-state index in [2.05, 4.69) is 0 Å². The second kappa shape index (κ2) is 3.57. The number of ether oxygens (including phenoxy) is 2. The molecule has 0 radical (unpaired) electrons. The quantitative estimate of drug-likeness (QED) is 0.761. The molecule has 2 atom stereocenters. The number of benzene rings is 2. The Kier molecular flexibility index (Phi) is 1.98. The molecule has 0 bridgehead atoms. The Morgan fingerprint density at radius 1 is 0.895 bits per heavy atom. The van der Waals surface area contributed by atoms with Gasteiger partial charge in [0.25, 0.3) is 0 Å². The van der Waals surface area contributed by atoms with E-state index in [1.165, 1.54) is 0 Å². The normalized spacial score (nSPS) is 22.7. The fourth-order valence-electron chi connectivity index (χ4n) is 2.83. The van der Waals surface area contributed by atoms with Crippen molar-refractivity contribution in [1.29, 1.82) is 0 Å². The highest BCUT2D eigenvalue weighted by molar-refractivity contribution is 5.52. The van der Waals surface area contributed by atoms with Gasteiger partial charge in [-0.05, 0) is 18.2 Å². The van der Waals surface area contributed by atoms with E-state index in [9.17, 15) is 10.2 Å². The molecule has 0 amide bonds. The van der Waals surface area contributed by atoms with Crippen molar-refractivity contribution in [2.24, 2.45) is 0 Å². The van der Waals surface area contributed by atoms with Crippen LogP contribution in [0.25, 0.3) is 0 Å². The molecule has 0 aromatic heterocycles. The zero-order valence-electron chi connectivity index (χ0n) is 10.0. The van der Waals surface area contributed by atoms with Crippen LogP contribution in [0.1, 0.15) is 23.1 Å². The average Bonchev–Trinajstić information content (AvgIpc) is 2.75. The van der Waals surface area contributed by atoms with E-state index in [4.69, 9.17) is 9.47 Å². The topological polar surface area (TPSA) is 58.9 Å². The van der Waals surface area contributed by atoms with Gasteiger partial charge in [-0.2, -0.15) is 0 Å². The summed E-state index contributed by atoms with van der Waals surface area (Å²) in [4.78, 5) is 0. The van der Waals surface area contributed by atoms with Gasteiger partial charge in [0.05, 0.1) is 12.5 Å². The molecule has 2 aliphatic heterocycles. The fourth-order valence-corrected chi connectivity index (χ4v) is 2.83. The molecule has 0 aliphatic carbocycles. The maximum Gasteiger partial charge on any atom is 0.138 e. The third kappa shape index (κ3) is 1.46. The molecule has 4 rings (SSSR count). The lowest BCUT2D eigenvalue weighted by Crippen LogP contribution is -2.22. The molecule has 2 aromatic carbocycles. The van der Waals surface area contributed by atoms with Crippen molar-refractivity contribution in [2.45, 2.75) is 12.0 Å². The minimum absolute atomic E-state index is 0.110. The van der Waals surface area contributed by atoms with Crippen molar-refractivity contribution in [3.05, 3.63) is 47.5 Å². The van der Waals surface area contributed by atoms with Gasteiger partial charge in [-0.25, -0.2) is 0 Å². The summed E-state index contributed by atoms with van der Waals surface area (Å²) >= 11 is 0. The van der Waals surface area contributed by atoms with Crippen LogP contribution in [0.5, 0.6) is 23.0 Å². The van der Waals surface area contributed by atoms with Crippen molar-refractivity contribution < 1.29 is 19.7 Å². The standard InChI is InChI=1S/C15H12O4/c16-8-2-4-11-13(5-8)18-7-12-10-3-1-9(17)6-14(10)19-15(11)12/h1-6,12,15-17H,7H2/t12-,15+/m1/s1. The monoisotopic (exact) mass is 256 g/mol. The maximum absolute atomic E-state index is 9.52. The van der Waals surface area contributed by atoms with Crippen LogP contribution in [0, 0.1) is 0 Å². The van der Waals surface area contributed by atoms with Crippen LogP contribution in [0.2, 0.25) is 0 Å². The van der Waals surface area contributed by atoms with Gasteiger partial charge in [0.2, 0.25) is 0 Å². The molecule has 96 valence electrons. The van der Waals surface area contributed by atoms with Crippen LogP contribution in [-0.4, -0.2) is 16.8 Å². The van der Waals surface area contributed by atoms with E-state index >= 15 is 0 Å². The second-order valence-electron chi connectivity index (χ2n) is 4.90. The molecule has 4 nitrogen and oxygen atoms in total. The molecule has 0 saturated carbocycles. The summed E-state index contributed by atoms with van der Waals surface area (Å²) in [7, 11) is 0. The van der Waals surface area contributed by atoms with Gasteiger partial charge in [-0.1, -0.05) is 6.07 Å². The number of aromatic hydroxyl groups is 2. The minimum atomic E-state index is -0.110. The molecule has 0 saturated heterocycles. The molecule has 2 heterocycles. The third-order valence-corrected chi connectivity index (χ3v) is 3.74. The summed E-state index contributed by atoms with van der Waals surface area (Å²) in [6, 6.07) is 10.2. The van der Waals surface area contributed by atoms with Crippen LogP contribution in [0.4, 0.5) is 0 Å². The Morgan fingerprint density at radius 3 is 2.37 bits per heavy atom. The summed E-state index contributed by atoms with van der Waals surface area (Å²) in [5.74, 6) is 1.89. The summed E-state index contributed by atoms with van der Waals surface area (Å²) in [6.07, 6.45) is -0.110. The van der Waals surface area contributed by atoms with Crippen LogP contribution < -0.4 is 9.47 Å². The van der Waals surface area contributed by atoms with E-state index in [0.717, 1.165) is 11.1 Å². The largest absolute Gasteiger partial charge is 0.508 e. The van der Waals surface area contributed by atoms with E-state index in [1.54, 1.807) is 24.3 Å². The van der Waals surface area contributed by atoms with Crippen molar-refractivity contribution in [3.63, 3.8) is 0 Å². The van der Waals surface area contributed by atoms with Gasteiger partial charge in [0.1, 0.15) is 29.1 Å². The van der Waals surface area contributed by atoms with Crippen molar-refractivity contribution in [1.82, 2.24) is 0 Å². The van der Waals surface area contributed by atoms with E-state index in [0.29, 0.717) is 18.1 Å². The summed E-state index contributed by atoms with van der Waals surface area (Å²) in [5, 5.41) is 19.0. The third-order valence-electron chi connectivity index (χ3n) is 3.74. The number of rotatable bonds is 0. The molecule has 4 heteroatoms. The lowest BCUT2D eigenvalue weighted by Gasteiger charge is -2.27. The minimum Gasteiger partial charge on any atom is -0.508 e. The zero-order valence-corrected chi connectivity index (χ0v) is 10.0. The number of hydrogen-bond acceptors (Lipinski definition) is 4. The SMILES string of the molecule is Oc1ccc2c(c1)O[C@H]1c3ccc(O)cc3OC[C@H]21. The maximum atomic E-state index is 9.52. The van der Waals surface area contributed by atoms with Crippen LogP contribution in [0.15, 0.2) is 36.4 Å². The Balaban J connectivity index is 1.81. The molecule has 2 aliphatic rings. The average molecular weight is 256 g/mol. The highest BCUT2D eigenvalue weighted by Crippen LogP contribution is 2.51. The first-order valence-electron chi connectivity index (χ1n) is 6.17. The molecule has 2 N–H and O–H groups in total. The Bertz CT molecular complexity index is 665. The van der Waals surface area contributed by atoms with Gasteiger partial charge < -0.3 is 19.7 Å². The van der Waals surface area contributed by atoms with Crippen LogP contribution in [-0.2, 0) is 0 Å². The smallest absolute Gasteiger partial charge is 0.138 e. The molecular formula is C15H12O4. The summed E-state index contributed by atoms with van der Waals surface area (Å²) in [6.45, 7) is 0.513. The molecule has 0 unspecified atom stereocenters. The first-order valence-corrected chi connectivity index (χ1v) is 6.17. The van der Waals surface area contributed by atoms with Crippen LogP contribution in [0.3, 0.4) is 0 Å². The van der Waals surface area contributed by atoms with E-state index in [-0.39, 0.29) is 23.5 Å². The molecule has 0 fully saturated rings. The van der Waals surface area contributed by atoms with Crippen LogP contribution >= 0.6 is 0 Å². The van der Waals surface area contributed by atoms with Crippen molar-refractivity contribution >= 4 is 0 Å². The number of fused-ring (bicyclic) bond motifs is 5. The van der Waals surface area contributed by atoms with Gasteiger partial charge >= 0.3 is 0 Å². The Labute approximate surface area is 109 Å². The first kappa shape index (κ1) is 10.6. The Hall–Kier alpha value is -2.36. The van der Waals surface area contributed by atoms with E-state index < -0.39 is 0 Å². The summed E-state index contributed by atoms with van der Waals surface area (Å²) in [5.41, 5.74) is 1.99. The summed E-state index contributed by atoms with van der Waals surface area (Å²) < 4.78 is 11.6. The zero-order chi connectivity index (χ0) is 13.0. The first-order chi connectivity index (χ1) is 9.22. The molecule has 19 heavy (non-hydrogen) atoms.